The number of amides is 4. The van der Waals surface area contributed by atoms with Crippen LogP contribution in [-0.2, 0) is 4.79 Å². The highest BCUT2D eigenvalue weighted by molar-refractivity contribution is 7.99. The van der Waals surface area contributed by atoms with Crippen LogP contribution in [0.1, 0.15) is 42.5 Å². The summed E-state index contributed by atoms with van der Waals surface area (Å²) in [5, 5.41) is 3.41. The first-order valence-electron chi connectivity index (χ1n) is 7.94. The van der Waals surface area contributed by atoms with E-state index >= 15 is 0 Å². The summed E-state index contributed by atoms with van der Waals surface area (Å²) in [4.78, 5) is 37.2. The van der Waals surface area contributed by atoms with Crippen LogP contribution in [0.5, 0.6) is 0 Å². The summed E-state index contributed by atoms with van der Waals surface area (Å²) in [5.74, 6) is -3.64. The molecule has 1 heterocycles. The number of imide groups is 1. The zero-order chi connectivity index (χ0) is 18.0. The molecule has 1 saturated heterocycles. The van der Waals surface area contributed by atoms with E-state index in [1.807, 2.05) is 0 Å². The van der Waals surface area contributed by atoms with Crippen molar-refractivity contribution in [2.24, 2.45) is 0 Å². The number of carbonyl (C=O) groups excluding carboxylic acids is 3. The summed E-state index contributed by atoms with van der Waals surface area (Å²) in [6, 6.07) is 4.87. The number of hydrogen-bond donors (Lipinski definition) is 2. The van der Waals surface area contributed by atoms with E-state index in [0.29, 0.717) is 29.5 Å². The number of nitrogens with one attached hydrogen (secondary N) is 2. The van der Waals surface area contributed by atoms with Gasteiger partial charge in [0.05, 0.1) is 0 Å². The normalized spacial score (nSPS) is 19.4. The minimum Gasteiger partial charge on any atom is -0.322 e. The van der Waals surface area contributed by atoms with E-state index in [1.54, 1.807) is 0 Å². The van der Waals surface area contributed by atoms with Crippen molar-refractivity contribution in [3.8, 4) is 0 Å². The van der Waals surface area contributed by atoms with Crippen molar-refractivity contribution in [3.63, 3.8) is 0 Å². The maximum atomic E-state index is 12.6. The second kappa shape index (κ2) is 6.99. The predicted molar refractivity (Wildman–Crippen MR) is 87.0 cm³/mol. The van der Waals surface area contributed by atoms with Crippen LogP contribution in [0.3, 0.4) is 0 Å². The minimum atomic E-state index is -2.54. The van der Waals surface area contributed by atoms with Crippen LogP contribution >= 0.6 is 11.8 Å². The summed E-state index contributed by atoms with van der Waals surface area (Å²) in [7, 11) is 0. The molecule has 2 aliphatic rings. The second-order valence-electron chi connectivity index (χ2n) is 6.06. The van der Waals surface area contributed by atoms with Crippen LogP contribution in [0.25, 0.3) is 0 Å². The Morgan fingerprint density at radius 3 is 2.40 bits per heavy atom. The number of urea groups is 1. The van der Waals surface area contributed by atoms with E-state index < -0.39 is 29.1 Å². The summed E-state index contributed by atoms with van der Waals surface area (Å²) in [6.07, 6.45) is 3.82. The molecule has 1 spiro atoms. The Labute approximate surface area is 147 Å². The fraction of sp³-hybridized carbons (Fsp3) is 0.438. The van der Waals surface area contributed by atoms with Gasteiger partial charge in [0.25, 0.3) is 17.6 Å². The molecule has 0 unspecified atom stereocenters. The summed E-state index contributed by atoms with van der Waals surface area (Å²) >= 11 is 0.373. The topological polar surface area (TPSA) is 78.5 Å². The van der Waals surface area contributed by atoms with Crippen LogP contribution in [0.15, 0.2) is 29.2 Å². The van der Waals surface area contributed by atoms with Gasteiger partial charge in [0, 0.05) is 10.5 Å². The summed E-state index contributed by atoms with van der Waals surface area (Å²) < 4.78 is 24.6. The van der Waals surface area contributed by atoms with E-state index in [1.165, 1.54) is 24.3 Å². The molecule has 1 aliphatic heterocycles. The lowest BCUT2D eigenvalue weighted by molar-refractivity contribution is -0.134. The van der Waals surface area contributed by atoms with Crippen molar-refractivity contribution in [3.05, 3.63) is 29.8 Å². The Balaban J connectivity index is 1.68. The Morgan fingerprint density at radius 1 is 1.16 bits per heavy atom. The molecule has 2 N–H and O–H groups in total. The molecule has 2 fully saturated rings. The van der Waals surface area contributed by atoms with Gasteiger partial charge in [0.15, 0.2) is 0 Å². The van der Waals surface area contributed by atoms with Gasteiger partial charge in [-0.3, -0.25) is 15.0 Å². The van der Waals surface area contributed by atoms with Gasteiger partial charge in [-0.1, -0.05) is 31.0 Å². The molecule has 134 valence electrons. The molecule has 0 bridgehead atoms. The lowest BCUT2D eigenvalue weighted by Crippen LogP contribution is -2.50. The number of rotatable bonds is 4. The van der Waals surface area contributed by atoms with E-state index in [4.69, 9.17) is 0 Å². The highest BCUT2D eigenvalue weighted by Crippen LogP contribution is 2.33. The molecule has 0 aromatic heterocycles. The predicted octanol–water partition coefficient (Wildman–Crippen LogP) is 2.90. The maximum absolute atomic E-state index is 12.6. The van der Waals surface area contributed by atoms with Crippen molar-refractivity contribution in [2.75, 3.05) is 0 Å². The van der Waals surface area contributed by atoms with Crippen LogP contribution < -0.4 is 10.7 Å². The van der Waals surface area contributed by atoms with Gasteiger partial charge in [0.2, 0.25) is 0 Å². The summed E-state index contributed by atoms with van der Waals surface area (Å²) in [5.41, 5.74) is 1.56. The third kappa shape index (κ3) is 3.60. The largest absolute Gasteiger partial charge is 0.344 e. The molecule has 6 nitrogen and oxygen atoms in total. The zero-order valence-electron chi connectivity index (χ0n) is 13.3. The Kier molecular flexibility index (Phi) is 4.94. The quantitative estimate of drug-likeness (QED) is 0.632. The van der Waals surface area contributed by atoms with Gasteiger partial charge >= 0.3 is 6.03 Å². The number of thioether (sulfide) groups is 1. The number of alkyl halides is 2. The van der Waals surface area contributed by atoms with Crippen LogP contribution in [0, 0.1) is 0 Å². The van der Waals surface area contributed by atoms with Crippen molar-refractivity contribution < 1.29 is 23.2 Å². The highest BCUT2D eigenvalue weighted by atomic mass is 32.2. The third-order valence-electron chi connectivity index (χ3n) is 4.42. The highest BCUT2D eigenvalue weighted by Gasteiger charge is 2.52. The monoisotopic (exact) mass is 369 g/mol. The maximum Gasteiger partial charge on any atom is 0.344 e. The van der Waals surface area contributed by atoms with Gasteiger partial charge in [-0.05, 0) is 37.1 Å². The second-order valence-corrected chi connectivity index (χ2v) is 7.12. The Bertz CT molecular complexity index is 690. The first kappa shape index (κ1) is 17.7. The fourth-order valence-corrected chi connectivity index (χ4v) is 3.67. The first-order chi connectivity index (χ1) is 11.9. The number of hydrazine groups is 1. The third-order valence-corrected chi connectivity index (χ3v) is 5.15. The molecule has 25 heavy (non-hydrogen) atoms. The number of nitrogens with zero attached hydrogens (tertiary/aromatic N) is 1. The van der Waals surface area contributed by atoms with Crippen molar-refractivity contribution in [1.82, 2.24) is 15.8 Å². The van der Waals surface area contributed by atoms with E-state index in [0.717, 1.165) is 24.3 Å². The van der Waals surface area contributed by atoms with Crippen LogP contribution in [-0.4, -0.2) is 34.2 Å². The van der Waals surface area contributed by atoms with Gasteiger partial charge in [0.1, 0.15) is 5.54 Å². The van der Waals surface area contributed by atoms with E-state index in [9.17, 15) is 23.2 Å². The molecule has 1 saturated carbocycles. The molecular weight excluding hydrogens is 352 g/mol. The van der Waals surface area contributed by atoms with Crippen LogP contribution in [0.4, 0.5) is 13.6 Å². The molecule has 1 aromatic carbocycles. The van der Waals surface area contributed by atoms with E-state index in [2.05, 4.69) is 10.7 Å². The molecule has 3 rings (SSSR count). The molecule has 0 atom stereocenters. The van der Waals surface area contributed by atoms with E-state index in [-0.39, 0.29) is 5.56 Å². The van der Waals surface area contributed by atoms with Crippen molar-refractivity contribution in [2.45, 2.75) is 48.3 Å². The lowest BCUT2D eigenvalue weighted by Gasteiger charge is -2.30. The zero-order valence-corrected chi connectivity index (χ0v) is 14.1. The summed E-state index contributed by atoms with van der Waals surface area (Å²) in [6.45, 7) is 0. The molecule has 1 aromatic rings. The van der Waals surface area contributed by atoms with Gasteiger partial charge in [-0.25, -0.2) is 4.79 Å². The number of halogens is 2. The van der Waals surface area contributed by atoms with Gasteiger partial charge in [-0.2, -0.15) is 13.8 Å². The smallest absolute Gasteiger partial charge is 0.322 e. The number of hydrogen-bond acceptors (Lipinski definition) is 4. The average Bonchev–Trinajstić information content (AvgIpc) is 2.80. The van der Waals surface area contributed by atoms with Crippen molar-refractivity contribution >= 4 is 29.6 Å². The van der Waals surface area contributed by atoms with Gasteiger partial charge < -0.3 is 5.32 Å². The molecular formula is C16H17F2N3O3S. The molecule has 4 amide bonds. The molecule has 9 heteroatoms. The SMILES string of the molecule is O=C(NN1C(=O)NC2(CCCCC2)C1=O)c1ccc(SC(F)F)cc1. The average molecular weight is 369 g/mol. The number of carbonyl (C=O) groups is 3. The van der Waals surface area contributed by atoms with Crippen LogP contribution in [0.2, 0.25) is 0 Å². The number of benzene rings is 1. The molecule has 0 radical (unpaired) electrons. The molecule has 1 aliphatic carbocycles. The fourth-order valence-electron chi connectivity index (χ4n) is 3.17. The van der Waals surface area contributed by atoms with Gasteiger partial charge in [-0.15, -0.1) is 0 Å². The first-order valence-corrected chi connectivity index (χ1v) is 8.82. The Morgan fingerprint density at radius 2 is 1.80 bits per heavy atom. The standard InChI is InChI=1S/C16H17F2N3O3S/c17-14(18)25-11-6-4-10(5-7-11)12(22)20-21-13(23)16(19-15(21)24)8-2-1-3-9-16/h4-7,14H,1-3,8-9H2,(H,19,24)(H,20,22). The lowest BCUT2D eigenvalue weighted by atomic mass is 9.82. The van der Waals surface area contributed by atoms with Crippen molar-refractivity contribution in [1.29, 1.82) is 0 Å². The minimum absolute atomic E-state index is 0.170. The Hall–Kier alpha value is -2.16.